The number of ether oxygens (including phenoxy) is 1. The highest BCUT2D eigenvalue weighted by molar-refractivity contribution is 5.81. The van der Waals surface area contributed by atoms with Gasteiger partial charge in [0.2, 0.25) is 5.91 Å². The van der Waals surface area contributed by atoms with Crippen molar-refractivity contribution in [1.29, 1.82) is 0 Å². The standard InChI is InChI=1S/C17H28N2O2/c1-6-7-12(2)18-17(20)14(4)19-13(3)15-8-10-16(21-5)11-9-15/h8-14,19H,6-7H2,1-5H3,(H,18,20)/t12?,13-,14?/m1/s1. The highest BCUT2D eigenvalue weighted by atomic mass is 16.5. The van der Waals surface area contributed by atoms with Crippen LogP contribution >= 0.6 is 0 Å². The number of amides is 1. The van der Waals surface area contributed by atoms with Crippen LogP contribution < -0.4 is 15.4 Å². The van der Waals surface area contributed by atoms with Gasteiger partial charge in [0.15, 0.2) is 0 Å². The van der Waals surface area contributed by atoms with Crippen molar-refractivity contribution in [2.75, 3.05) is 7.11 Å². The molecule has 0 aliphatic rings. The number of hydrogen-bond acceptors (Lipinski definition) is 3. The molecule has 4 heteroatoms. The van der Waals surface area contributed by atoms with E-state index in [1.165, 1.54) is 0 Å². The van der Waals surface area contributed by atoms with Crippen LogP contribution in [0.5, 0.6) is 5.75 Å². The van der Waals surface area contributed by atoms with Crippen LogP contribution in [-0.4, -0.2) is 25.1 Å². The fraction of sp³-hybridized carbons (Fsp3) is 0.588. The summed E-state index contributed by atoms with van der Waals surface area (Å²) in [5, 5.41) is 6.36. The quantitative estimate of drug-likeness (QED) is 0.774. The third-order valence-corrected chi connectivity index (χ3v) is 3.62. The molecular formula is C17H28N2O2. The maximum atomic E-state index is 12.1. The Bertz CT molecular complexity index is 431. The number of methoxy groups -OCH3 is 1. The van der Waals surface area contributed by atoms with E-state index in [4.69, 9.17) is 4.74 Å². The van der Waals surface area contributed by atoms with E-state index in [1.807, 2.05) is 38.1 Å². The summed E-state index contributed by atoms with van der Waals surface area (Å²) < 4.78 is 5.15. The van der Waals surface area contributed by atoms with Gasteiger partial charge < -0.3 is 10.1 Å². The first-order valence-corrected chi connectivity index (χ1v) is 7.68. The van der Waals surface area contributed by atoms with Crippen molar-refractivity contribution in [1.82, 2.24) is 10.6 Å². The van der Waals surface area contributed by atoms with Crippen molar-refractivity contribution >= 4 is 5.91 Å². The van der Waals surface area contributed by atoms with E-state index < -0.39 is 0 Å². The number of nitrogens with one attached hydrogen (secondary N) is 2. The summed E-state index contributed by atoms with van der Waals surface area (Å²) in [5.74, 6) is 0.890. The Labute approximate surface area is 128 Å². The first kappa shape index (κ1) is 17.5. The second kappa shape index (κ2) is 8.67. The number of benzene rings is 1. The molecule has 2 unspecified atom stereocenters. The number of carbonyl (C=O) groups excluding carboxylic acids is 1. The van der Waals surface area contributed by atoms with Gasteiger partial charge in [-0.1, -0.05) is 25.5 Å². The van der Waals surface area contributed by atoms with Crippen LogP contribution in [0.2, 0.25) is 0 Å². The van der Waals surface area contributed by atoms with Crippen molar-refractivity contribution in [3.8, 4) is 5.75 Å². The summed E-state index contributed by atoms with van der Waals surface area (Å²) in [6, 6.07) is 8.01. The smallest absolute Gasteiger partial charge is 0.237 e. The molecule has 0 saturated carbocycles. The van der Waals surface area contributed by atoms with E-state index in [0.717, 1.165) is 24.2 Å². The first-order chi connectivity index (χ1) is 9.97. The molecule has 0 heterocycles. The molecule has 0 aromatic heterocycles. The lowest BCUT2D eigenvalue weighted by atomic mass is 10.1. The van der Waals surface area contributed by atoms with Crippen molar-refractivity contribution < 1.29 is 9.53 Å². The van der Waals surface area contributed by atoms with Gasteiger partial charge in [0.1, 0.15) is 5.75 Å². The summed E-state index contributed by atoms with van der Waals surface area (Å²) in [4.78, 5) is 12.1. The predicted octanol–water partition coefficient (Wildman–Crippen LogP) is 3.04. The lowest BCUT2D eigenvalue weighted by Crippen LogP contribution is -2.46. The highest BCUT2D eigenvalue weighted by Gasteiger charge is 2.17. The van der Waals surface area contributed by atoms with Crippen LogP contribution in [-0.2, 0) is 4.79 Å². The van der Waals surface area contributed by atoms with Crippen LogP contribution in [0.25, 0.3) is 0 Å². The molecule has 0 saturated heterocycles. The van der Waals surface area contributed by atoms with E-state index >= 15 is 0 Å². The molecule has 118 valence electrons. The molecule has 0 radical (unpaired) electrons. The van der Waals surface area contributed by atoms with Crippen molar-refractivity contribution in [2.45, 2.75) is 58.7 Å². The Kier molecular flexibility index (Phi) is 7.23. The minimum atomic E-state index is -0.221. The molecule has 21 heavy (non-hydrogen) atoms. The molecule has 0 bridgehead atoms. The zero-order chi connectivity index (χ0) is 15.8. The molecule has 0 spiro atoms. The zero-order valence-electron chi connectivity index (χ0n) is 13.8. The monoisotopic (exact) mass is 292 g/mol. The van der Waals surface area contributed by atoms with Crippen LogP contribution in [0.3, 0.4) is 0 Å². The third-order valence-electron chi connectivity index (χ3n) is 3.62. The number of carbonyl (C=O) groups is 1. The van der Waals surface area contributed by atoms with Gasteiger partial charge in [-0.15, -0.1) is 0 Å². The Morgan fingerprint density at radius 2 is 1.81 bits per heavy atom. The fourth-order valence-corrected chi connectivity index (χ4v) is 2.31. The summed E-state index contributed by atoms with van der Waals surface area (Å²) in [5.41, 5.74) is 1.14. The lowest BCUT2D eigenvalue weighted by Gasteiger charge is -2.22. The van der Waals surface area contributed by atoms with Crippen LogP contribution in [0.4, 0.5) is 0 Å². The van der Waals surface area contributed by atoms with E-state index in [1.54, 1.807) is 7.11 Å². The average molecular weight is 292 g/mol. The third kappa shape index (κ3) is 5.76. The van der Waals surface area contributed by atoms with E-state index in [0.29, 0.717) is 0 Å². The minimum absolute atomic E-state index is 0.0521. The van der Waals surface area contributed by atoms with Gasteiger partial charge in [0.05, 0.1) is 13.2 Å². The van der Waals surface area contributed by atoms with Crippen molar-refractivity contribution in [3.63, 3.8) is 0 Å². The molecule has 0 aliphatic carbocycles. The maximum Gasteiger partial charge on any atom is 0.237 e. The molecule has 2 N–H and O–H groups in total. The SMILES string of the molecule is CCCC(C)NC(=O)C(C)N[C@H](C)c1ccc(OC)cc1. The van der Waals surface area contributed by atoms with Crippen LogP contribution in [0, 0.1) is 0 Å². The Morgan fingerprint density at radius 3 is 2.33 bits per heavy atom. The van der Waals surface area contributed by atoms with Gasteiger partial charge in [-0.2, -0.15) is 0 Å². The second-order valence-corrected chi connectivity index (χ2v) is 5.58. The van der Waals surface area contributed by atoms with Gasteiger partial charge in [0, 0.05) is 12.1 Å². The fourth-order valence-electron chi connectivity index (χ4n) is 2.31. The minimum Gasteiger partial charge on any atom is -0.497 e. The van der Waals surface area contributed by atoms with Gasteiger partial charge in [0.25, 0.3) is 0 Å². The average Bonchev–Trinajstić information content (AvgIpc) is 2.47. The molecule has 1 aromatic rings. The summed E-state index contributed by atoms with van der Waals surface area (Å²) >= 11 is 0. The van der Waals surface area contributed by atoms with Gasteiger partial charge in [-0.3, -0.25) is 10.1 Å². The molecule has 1 amide bonds. The molecule has 1 aromatic carbocycles. The summed E-state index contributed by atoms with van der Waals surface area (Å²) in [6.45, 7) is 8.12. The second-order valence-electron chi connectivity index (χ2n) is 5.58. The van der Waals surface area contributed by atoms with Crippen molar-refractivity contribution in [3.05, 3.63) is 29.8 Å². The maximum absolute atomic E-state index is 12.1. The highest BCUT2D eigenvalue weighted by Crippen LogP contribution is 2.17. The lowest BCUT2D eigenvalue weighted by molar-refractivity contribution is -0.123. The normalized spacial score (nSPS) is 15.1. The summed E-state index contributed by atoms with van der Waals surface area (Å²) in [7, 11) is 1.65. The molecule has 4 nitrogen and oxygen atoms in total. The molecule has 1 rings (SSSR count). The Hall–Kier alpha value is -1.55. The molecule has 0 aliphatic heterocycles. The predicted molar refractivity (Wildman–Crippen MR) is 86.5 cm³/mol. The Morgan fingerprint density at radius 1 is 1.19 bits per heavy atom. The van der Waals surface area contributed by atoms with E-state index in [-0.39, 0.29) is 24.0 Å². The Balaban J connectivity index is 2.52. The first-order valence-electron chi connectivity index (χ1n) is 7.68. The molecular weight excluding hydrogens is 264 g/mol. The van der Waals surface area contributed by atoms with Gasteiger partial charge in [-0.25, -0.2) is 0 Å². The van der Waals surface area contributed by atoms with Crippen LogP contribution in [0.1, 0.15) is 52.1 Å². The summed E-state index contributed by atoms with van der Waals surface area (Å²) in [6.07, 6.45) is 2.08. The van der Waals surface area contributed by atoms with Crippen LogP contribution in [0.15, 0.2) is 24.3 Å². The molecule has 0 fully saturated rings. The number of rotatable bonds is 8. The molecule has 3 atom stereocenters. The van der Waals surface area contributed by atoms with E-state index in [2.05, 4.69) is 24.5 Å². The van der Waals surface area contributed by atoms with Gasteiger partial charge >= 0.3 is 0 Å². The van der Waals surface area contributed by atoms with Crippen molar-refractivity contribution in [2.24, 2.45) is 0 Å². The zero-order valence-corrected chi connectivity index (χ0v) is 13.8. The number of hydrogen-bond donors (Lipinski definition) is 2. The van der Waals surface area contributed by atoms with E-state index in [9.17, 15) is 4.79 Å². The topological polar surface area (TPSA) is 50.4 Å². The van der Waals surface area contributed by atoms with Gasteiger partial charge in [-0.05, 0) is 44.9 Å². The largest absolute Gasteiger partial charge is 0.497 e.